The molecule has 0 aliphatic rings. The Morgan fingerprint density at radius 2 is 0.855 bits per heavy atom. The average Bonchev–Trinajstić information content (AvgIpc) is 3.31. The van der Waals surface area contributed by atoms with Crippen LogP contribution in [0.15, 0.2) is 24.3 Å². The first-order valence-corrected chi connectivity index (χ1v) is 31.2. The van der Waals surface area contributed by atoms with E-state index in [4.69, 9.17) is 13.8 Å². The second kappa shape index (κ2) is 50.0. The number of phosphoric ester groups is 1. The number of nitrogens with one attached hydrogen (secondary N) is 1. The normalized spacial score (nSPS) is 13.9. The van der Waals surface area contributed by atoms with E-state index in [0.29, 0.717) is 23.9 Å². The van der Waals surface area contributed by atoms with Crippen molar-refractivity contribution in [2.75, 3.05) is 40.9 Å². The third kappa shape index (κ3) is 51.2. The van der Waals surface area contributed by atoms with Crippen molar-refractivity contribution in [3.8, 4) is 0 Å². The van der Waals surface area contributed by atoms with Crippen molar-refractivity contribution in [1.29, 1.82) is 0 Å². The van der Waals surface area contributed by atoms with Gasteiger partial charge < -0.3 is 19.4 Å². The van der Waals surface area contributed by atoms with Crippen LogP contribution in [0.5, 0.6) is 0 Å². The van der Waals surface area contributed by atoms with Crippen LogP contribution in [0.3, 0.4) is 0 Å². The molecular weight excluding hydrogens is 880 g/mol. The Bertz CT molecular complexity index is 1240. The van der Waals surface area contributed by atoms with Crippen LogP contribution in [0.1, 0.15) is 290 Å². The zero-order valence-corrected chi connectivity index (χ0v) is 47.5. The van der Waals surface area contributed by atoms with Crippen LogP contribution in [0.2, 0.25) is 0 Å². The first kappa shape index (κ1) is 67.5. The number of unbranched alkanes of at least 4 members (excludes halogenated alkanes) is 36. The molecule has 0 rings (SSSR count). The zero-order chi connectivity index (χ0) is 50.8. The topological polar surface area (TPSA) is 111 Å². The van der Waals surface area contributed by atoms with Gasteiger partial charge in [0.2, 0.25) is 5.91 Å². The maximum atomic E-state index is 13.5. The molecule has 0 aromatic rings. The number of allylic oxidation sites excluding steroid dienone is 3. The second-order valence-corrected chi connectivity index (χ2v) is 23.0. The van der Waals surface area contributed by atoms with E-state index in [1.807, 2.05) is 33.3 Å². The molecule has 0 aliphatic heterocycles. The smallest absolute Gasteiger partial charge is 0.456 e. The van der Waals surface area contributed by atoms with E-state index in [-0.39, 0.29) is 25.1 Å². The molecule has 9 nitrogen and oxygen atoms in total. The minimum Gasteiger partial charge on any atom is -0.456 e. The average molecular weight is 997 g/mol. The molecule has 408 valence electrons. The Hall–Kier alpha value is -1.51. The van der Waals surface area contributed by atoms with Crippen LogP contribution < -0.4 is 5.32 Å². The fourth-order valence-electron chi connectivity index (χ4n) is 8.75. The van der Waals surface area contributed by atoms with Crippen LogP contribution in [0.25, 0.3) is 0 Å². The van der Waals surface area contributed by atoms with Gasteiger partial charge in [-0.25, -0.2) is 4.57 Å². The number of amides is 1. The molecule has 0 radical (unpaired) electrons. The SMILES string of the molecule is CCCC/C=C\CCCCCCCC(=O)NC(COP(=O)(O)OCC[N+](C)(C)C)C(/C=C\CCCCCCCCCCCCC)OC(=O)CCCCCCCCCCCCCCCCCCCCC. The van der Waals surface area contributed by atoms with E-state index in [1.54, 1.807) is 0 Å². The molecule has 0 aliphatic carbocycles. The molecule has 0 bridgehead atoms. The van der Waals surface area contributed by atoms with Gasteiger partial charge in [-0.05, 0) is 51.0 Å². The number of carbonyl (C=O) groups excluding carboxylic acids is 2. The van der Waals surface area contributed by atoms with Gasteiger partial charge in [0.25, 0.3) is 0 Å². The molecule has 10 heteroatoms. The minimum absolute atomic E-state index is 0.0418. The van der Waals surface area contributed by atoms with Gasteiger partial charge in [0.05, 0.1) is 33.8 Å². The van der Waals surface area contributed by atoms with Crippen molar-refractivity contribution in [2.24, 2.45) is 0 Å². The highest BCUT2D eigenvalue weighted by Crippen LogP contribution is 2.43. The lowest BCUT2D eigenvalue weighted by molar-refractivity contribution is -0.870. The van der Waals surface area contributed by atoms with Crippen molar-refractivity contribution in [3.63, 3.8) is 0 Å². The van der Waals surface area contributed by atoms with Gasteiger partial charge in [-0.15, -0.1) is 0 Å². The van der Waals surface area contributed by atoms with Crippen molar-refractivity contribution in [3.05, 3.63) is 24.3 Å². The van der Waals surface area contributed by atoms with Gasteiger partial charge in [0.1, 0.15) is 19.3 Å². The highest BCUT2D eigenvalue weighted by Gasteiger charge is 2.30. The van der Waals surface area contributed by atoms with Gasteiger partial charge in [-0.1, -0.05) is 251 Å². The van der Waals surface area contributed by atoms with Gasteiger partial charge in [0.15, 0.2) is 0 Å². The molecule has 0 aromatic heterocycles. The number of nitrogens with zero attached hydrogens (tertiary/aromatic N) is 1. The summed E-state index contributed by atoms with van der Waals surface area (Å²) in [5.41, 5.74) is 0. The molecule has 0 aromatic carbocycles. The van der Waals surface area contributed by atoms with E-state index in [1.165, 1.54) is 173 Å². The van der Waals surface area contributed by atoms with E-state index in [9.17, 15) is 19.0 Å². The third-order valence-electron chi connectivity index (χ3n) is 13.4. The van der Waals surface area contributed by atoms with Crippen molar-refractivity contribution >= 4 is 19.7 Å². The van der Waals surface area contributed by atoms with Crippen molar-refractivity contribution < 1.29 is 37.3 Å². The number of rotatable bonds is 54. The summed E-state index contributed by atoms with van der Waals surface area (Å²) in [5, 5.41) is 3.04. The number of ether oxygens (including phenoxy) is 1. The number of likely N-dealkylation sites (N-methyl/N-ethyl adjacent to an activating group) is 1. The molecule has 0 saturated heterocycles. The lowest BCUT2D eigenvalue weighted by Gasteiger charge is -2.27. The number of phosphoric acid groups is 1. The maximum Gasteiger partial charge on any atom is 0.472 e. The van der Waals surface area contributed by atoms with Gasteiger partial charge in [0, 0.05) is 12.8 Å². The lowest BCUT2D eigenvalue weighted by Crippen LogP contribution is -2.47. The zero-order valence-electron chi connectivity index (χ0n) is 46.6. The number of hydrogen-bond donors (Lipinski definition) is 2. The Balaban J connectivity index is 5.24. The first-order valence-electron chi connectivity index (χ1n) is 29.7. The molecule has 2 N–H and O–H groups in total. The maximum absolute atomic E-state index is 13.5. The molecule has 0 heterocycles. The van der Waals surface area contributed by atoms with E-state index in [2.05, 4.69) is 38.2 Å². The predicted octanol–water partition coefficient (Wildman–Crippen LogP) is 17.8. The fraction of sp³-hybridized carbons (Fsp3) is 0.898. The summed E-state index contributed by atoms with van der Waals surface area (Å²) in [4.78, 5) is 37.6. The van der Waals surface area contributed by atoms with E-state index in [0.717, 1.165) is 83.5 Å². The Kier molecular flexibility index (Phi) is 48.9. The van der Waals surface area contributed by atoms with Gasteiger partial charge in [-0.3, -0.25) is 18.6 Å². The molecule has 0 spiro atoms. The molecule has 3 atom stereocenters. The van der Waals surface area contributed by atoms with Crippen LogP contribution in [0, 0.1) is 0 Å². The largest absolute Gasteiger partial charge is 0.472 e. The molecule has 1 amide bonds. The summed E-state index contributed by atoms with van der Waals surface area (Å²) in [6, 6.07) is -0.845. The second-order valence-electron chi connectivity index (χ2n) is 21.5. The quantitative estimate of drug-likeness (QED) is 0.0205. The molecule has 0 saturated carbocycles. The molecule has 0 fully saturated rings. The summed E-state index contributed by atoms with van der Waals surface area (Å²) in [6.07, 6.45) is 57.4. The van der Waals surface area contributed by atoms with Crippen LogP contribution in [0.4, 0.5) is 0 Å². The molecule has 69 heavy (non-hydrogen) atoms. The Morgan fingerprint density at radius 1 is 0.493 bits per heavy atom. The number of hydrogen-bond acceptors (Lipinski definition) is 6. The third-order valence-corrected chi connectivity index (χ3v) is 14.4. The van der Waals surface area contributed by atoms with Crippen LogP contribution in [-0.4, -0.2) is 74.3 Å². The summed E-state index contributed by atoms with van der Waals surface area (Å²) < 4.78 is 30.6. The number of esters is 1. The molecular formula is C59H116N2O7P+. The Morgan fingerprint density at radius 3 is 1.28 bits per heavy atom. The van der Waals surface area contributed by atoms with E-state index < -0.39 is 20.0 Å². The highest BCUT2D eigenvalue weighted by molar-refractivity contribution is 7.47. The minimum atomic E-state index is -4.44. The fourth-order valence-corrected chi connectivity index (χ4v) is 9.48. The molecule has 3 unspecified atom stereocenters. The Labute approximate surface area is 428 Å². The lowest BCUT2D eigenvalue weighted by atomic mass is 10.0. The summed E-state index contributed by atoms with van der Waals surface area (Å²) in [7, 11) is 1.50. The van der Waals surface area contributed by atoms with Crippen LogP contribution in [-0.2, 0) is 27.9 Å². The van der Waals surface area contributed by atoms with Gasteiger partial charge in [-0.2, -0.15) is 0 Å². The summed E-state index contributed by atoms with van der Waals surface area (Å²) >= 11 is 0. The monoisotopic (exact) mass is 996 g/mol. The van der Waals surface area contributed by atoms with Crippen molar-refractivity contribution in [1.82, 2.24) is 5.32 Å². The standard InChI is InChI=1S/C59H115N2O7P/c1-7-10-13-16-19-22-25-27-28-29-30-31-32-34-37-40-43-46-49-52-59(63)68-57(50-47-44-41-38-36-33-26-23-20-17-14-11-8-2)56(55-67-69(64,65)66-54-53-61(4,5)6)60-58(62)51-48-45-42-39-35-24-21-18-15-12-9-3/h18,21,47,50,56-57H,7-17,19-20,22-46,48-49,51-55H2,1-6H3,(H-,60,62,64,65)/p+1/b21-18-,50-47-. The van der Waals surface area contributed by atoms with Crippen LogP contribution >= 0.6 is 7.82 Å². The number of quaternary nitrogens is 1. The summed E-state index contributed by atoms with van der Waals surface area (Å²) in [6.45, 7) is 7.00. The van der Waals surface area contributed by atoms with Gasteiger partial charge >= 0.3 is 13.8 Å². The summed E-state index contributed by atoms with van der Waals surface area (Å²) in [5.74, 6) is -0.503. The number of carbonyl (C=O) groups is 2. The van der Waals surface area contributed by atoms with Crippen molar-refractivity contribution in [2.45, 2.75) is 303 Å². The predicted molar refractivity (Wildman–Crippen MR) is 296 cm³/mol. The highest BCUT2D eigenvalue weighted by atomic mass is 31.2. The first-order chi connectivity index (χ1) is 33.4. The van der Waals surface area contributed by atoms with E-state index >= 15 is 0 Å².